The van der Waals surface area contributed by atoms with Crippen LogP contribution in [0.25, 0.3) is 0 Å². The molecular formula is C13H9Cl2N3O4. The van der Waals surface area contributed by atoms with E-state index in [-0.39, 0.29) is 28.0 Å². The topological polar surface area (TPSA) is 94.2 Å². The summed E-state index contributed by atoms with van der Waals surface area (Å²) in [6, 6.07) is 6.80. The average molecular weight is 342 g/mol. The van der Waals surface area contributed by atoms with E-state index in [2.05, 4.69) is 5.32 Å². The molecule has 7 nitrogen and oxygen atoms in total. The quantitative estimate of drug-likeness (QED) is 0.683. The summed E-state index contributed by atoms with van der Waals surface area (Å²) in [7, 11) is 0. The van der Waals surface area contributed by atoms with Crippen LogP contribution in [0.5, 0.6) is 0 Å². The highest BCUT2D eigenvalue weighted by Gasteiger charge is 2.12. The second-order valence-electron chi connectivity index (χ2n) is 4.26. The number of nitrogens with zero attached hydrogens (tertiary/aromatic N) is 2. The number of halogens is 2. The summed E-state index contributed by atoms with van der Waals surface area (Å²) in [6.45, 7) is -0.386. The molecule has 0 radical (unpaired) electrons. The van der Waals surface area contributed by atoms with Crippen LogP contribution in [-0.2, 0) is 11.3 Å². The monoisotopic (exact) mass is 341 g/mol. The lowest BCUT2D eigenvalue weighted by Gasteiger charge is -2.09. The van der Waals surface area contributed by atoms with E-state index >= 15 is 0 Å². The van der Waals surface area contributed by atoms with Crippen molar-refractivity contribution in [3.05, 3.63) is 67.0 Å². The summed E-state index contributed by atoms with van der Waals surface area (Å²) in [5, 5.41) is 13.6. The first-order valence-corrected chi connectivity index (χ1v) is 6.73. The minimum Gasteiger partial charge on any atom is -0.323 e. The summed E-state index contributed by atoms with van der Waals surface area (Å²) < 4.78 is 0.936. The normalized spacial score (nSPS) is 10.3. The highest BCUT2D eigenvalue weighted by Crippen LogP contribution is 2.29. The third-order valence-corrected chi connectivity index (χ3v) is 3.54. The fraction of sp³-hybridized carbons (Fsp3) is 0.0769. The van der Waals surface area contributed by atoms with E-state index in [0.717, 1.165) is 22.9 Å². The number of nitro groups is 1. The van der Waals surface area contributed by atoms with Crippen LogP contribution in [0.2, 0.25) is 10.0 Å². The van der Waals surface area contributed by atoms with Gasteiger partial charge in [0.25, 0.3) is 11.2 Å². The summed E-state index contributed by atoms with van der Waals surface area (Å²) in [5.41, 5.74) is -0.524. The number of carbonyl (C=O) groups is 1. The van der Waals surface area contributed by atoms with Crippen LogP contribution in [0.3, 0.4) is 0 Å². The van der Waals surface area contributed by atoms with Crippen molar-refractivity contribution >= 4 is 40.5 Å². The largest absolute Gasteiger partial charge is 0.323 e. The number of aromatic nitrogens is 1. The van der Waals surface area contributed by atoms with Gasteiger partial charge in [0, 0.05) is 12.1 Å². The van der Waals surface area contributed by atoms with Gasteiger partial charge in [-0.3, -0.25) is 24.3 Å². The molecule has 0 aliphatic carbocycles. The highest BCUT2D eigenvalue weighted by molar-refractivity contribution is 6.43. The summed E-state index contributed by atoms with van der Waals surface area (Å²) in [4.78, 5) is 33.6. The Labute approximate surface area is 134 Å². The number of rotatable bonds is 4. The molecule has 2 aromatic rings. The van der Waals surface area contributed by atoms with Gasteiger partial charge in [-0.15, -0.1) is 0 Å². The molecule has 1 aromatic heterocycles. The third kappa shape index (κ3) is 3.63. The Balaban J connectivity index is 2.19. The Kier molecular flexibility index (Phi) is 4.79. The zero-order valence-electron chi connectivity index (χ0n) is 11.0. The summed E-state index contributed by atoms with van der Waals surface area (Å²) >= 11 is 11.8. The molecule has 1 N–H and O–H groups in total. The molecule has 0 aliphatic rings. The lowest BCUT2D eigenvalue weighted by atomic mass is 10.3. The van der Waals surface area contributed by atoms with Crippen LogP contribution in [-0.4, -0.2) is 15.4 Å². The number of pyridine rings is 1. The predicted molar refractivity (Wildman–Crippen MR) is 82.4 cm³/mol. The van der Waals surface area contributed by atoms with Gasteiger partial charge < -0.3 is 5.32 Å². The van der Waals surface area contributed by atoms with Gasteiger partial charge in [0.15, 0.2) is 0 Å². The molecule has 2 rings (SSSR count). The molecule has 0 bridgehead atoms. The third-order valence-electron chi connectivity index (χ3n) is 2.72. The van der Waals surface area contributed by atoms with Gasteiger partial charge in [-0.25, -0.2) is 0 Å². The molecule has 114 valence electrons. The molecular weight excluding hydrogens is 333 g/mol. The predicted octanol–water partition coefficient (Wildman–Crippen LogP) is 2.70. The van der Waals surface area contributed by atoms with E-state index in [1.165, 1.54) is 0 Å². The van der Waals surface area contributed by atoms with Crippen LogP contribution >= 0.6 is 23.2 Å². The Morgan fingerprint density at radius 1 is 1.27 bits per heavy atom. The highest BCUT2D eigenvalue weighted by atomic mass is 35.5. The van der Waals surface area contributed by atoms with E-state index in [0.29, 0.717) is 0 Å². The Bertz CT molecular complexity index is 804. The molecule has 0 saturated carbocycles. The maximum atomic E-state index is 11.9. The number of amides is 1. The zero-order chi connectivity index (χ0) is 16.3. The molecule has 1 heterocycles. The SMILES string of the molecule is O=C(Cn1cc([N+](=O)[O-])ccc1=O)Nc1cccc(Cl)c1Cl. The Morgan fingerprint density at radius 3 is 2.68 bits per heavy atom. The van der Waals surface area contributed by atoms with Gasteiger partial charge in [0.2, 0.25) is 5.91 Å². The van der Waals surface area contributed by atoms with Crippen LogP contribution < -0.4 is 10.9 Å². The van der Waals surface area contributed by atoms with Crippen molar-refractivity contribution in [2.45, 2.75) is 6.54 Å². The maximum Gasteiger partial charge on any atom is 0.285 e. The van der Waals surface area contributed by atoms with E-state index in [9.17, 15) is 19.7 Å². The molecule has 1 amide bonds. The number of anilines is 1. The molecule has 0 unspecified atom stereocenters. The number of carbonyl (C=O) groups excluding carboxylic acids is 1. The van der Waals surface area contributed by atoms with Crippen LogP contribution in [0.4, 0.5) is 11.4 Å². The van der Waals surface area contributed by atoms with Crippen molar-refractivity contribution in [3.8, 4) is 0 Å². The average Bonchev–Trinajstić information content (AvgIpc) is 2.46. The first kappa shape index (κ1) is 16.0. The number of nitrogens with one attached hydrogen (secondary N) is 1. The molecule has 0 saturated heterocycles. The van der Waals surface area contributed by atoms with Gasteiger partial charge in [-0.2, -0.15) is 0 Å². The Hall–Kier alpha value is -2.38. The van der Waals surface area contributed by atoms with Gasteiger partial charge >= 0.3 is 0 Å². The molecule has 1 aromatic carbocycles. The van der Waals surface area contributed by atoms with Gasteiger partial charge in [-0.1, -0.05) is 29.3 Å². The van der Waals surface area contributed by atoms with Crippen molar-refractivity contribution in [1.82, 2.24) is 4.57 Å². The van der Waals surface area contributed by atoms with Gasteiger partial charge in [0.1, 0.15) is 6.54 Å². The van der Waals surface area contributed by atoms with Crippen molar-refractivity contribution in [1.29, 1.82) is 0 Å². The fourth-order valence-electron chi connectivity index (χ4n) is 1.70. The molecule has 0 fully saturated rings. The van der Waals surface area contributed by atoms with Crippen molar-refractivity contribution in [2.24, 2.45) is 0 Å². The summed E-state index contributed by atoms with van der Waals surface area (Å²) in [6.07, 6.45) is 1.00. The van der Waals surface area contributed by atoms with E-state index in [1.54, 1.807) is 18.2 Å². The van der Waals surface area contributed by atoms with Crippen molar-refractivity contribution < 1.29 is 9.72 Å². The van der Waals surface area contributed by atoms with E-state index in [1.807, 2.05) is 0 Å². The maximum absolute atomic E-state index is 11.9. The van der Waals surface area contributed by atoms with Crippen molar-refractivity contribution in [2.75, 3.05) is 5.32 Å². The number of hydrogen-bond acceptors (Lipinski definition) is 4. The molecule has 9 heteroatoms. The van der Waals surface area contributed by atoms with E-state index < -0.39 is 16.4 Å². The summed E-state index contributed by atoms with van der Waals surface area (Å²) in [5.74, 6) is -0.563. The van der Waals surface area contributed by atoms with Crippen LogP contribution in [0.1, 0.15) is 0 Å². The second kappa shape index (κ2) is 6.59. The van der Waals surface area contributed by atoms with Gasteiger partial charge in [0.05, 0.1) is 26.9 Å². The minimum absolute atomic E-state index is 0.170. The van der Waals surface area contributed by atoms with Gasteiger partial charge in [-0.05, 0) is 12.1 Å². The lowest BCUT2D eigenvalue weighted by molar-refractivity contribution is -0.385. The molecule has 0 aliphatic heterocycles. The fourth-order valence-corrected chi connectivity index (χ4v) is 2.04. The van der Waals surface area contributed by atoms with Crippen LogP contribution in [0, 0.1) is 10.1 Å². The smallest absolute Gasteiger partial charge is 0.285 e. The van der Waals surface area contributed by atoms with Crippen molar-refractivity contribution in [3.63, 3.8) is 0 Å². The van der Waals surface area contributed by atoms with Crippen LogP contribution in [0.15, 0.2) is 41.3 Å². The molecule has 0 spiro atoms. The number of hydrogen-bond donors (Lipinski definition) is 1. The number of benzene rings is 1. The Morgan fingerprint density at radius 2 is 2.00 bits per heavy atom. The minimum atomic E-state index is -0.651. The standard InChI is InChI=1S/C13H9Cl2N3O4/c14-9-2-1-3-10(13(9)15)16-11(19)7-17-6-8(18(21)22)4-5-12(17)20/h1-6H,7H2,(H,16,19). The first-order valence-electron chi connectivity index (χ1n) is 5.97. The zero-order valence-corrected chi connectivity index (χ0v) is 12.5. The molecule has 22 heavy (non-hydrogen) atoms. The van der Waals surface area contributed by atoms with E-state index in [4.69, 9.17) is 23.2 Å². The second-order valence-corrected chi connectivity index (χ2v) is 5.05. The molecule has 0 atom stereocenters. The first-order chi connectivity index (χ1) is 10.4. The lowest BCUT2D eigenvalue weighted by Crippen LogP contribution is -2.27.